The highest BCUT2D eigenvalue weighted by Gasteiger charge is 2.14. The van der Waals surface area contributed by atoms with Crippen LogP contribution in [0.3, 0.4) is 0 Å². The Bertz CT molecular complexity index is 414. The minimum atomic E-state index is -0.889. The molecule has 0 aromatic heterocycles. The molecule has 1 aliphatic rings. The number of nitrogens with one attached hydrogen (secondary N) is 1. The van der Waals surface area contributed by atoms with Crippen LogP contribution < -0.4 is 5.32 Å². The quantitative estimate of drug-likeness (QED) is 0.897. The summed E-state index contributed by atoms with van der Waals surface area (Å²) in [6, 6.07) is 6.09. The molecule has 4 heteroatoms. The minimum Gasteiger partial charge on any atom is -0.478 e. The first-order chi connectivity index (χ1) is 8.16. The van der Waals surface area contributed by atoms with E-state index >= 15 is 0 Å². The molecule has 0 heterocycles. The van der Waals surface area contributed by atoms with Crippen molar-refractivity contribution in [1.82, 2.24) is 5.32 Å². The van der Waals surface area contributed by atoms with Crippen LogP contribution in [0.5, 0.6) is 0 Å². The average molecular weight is 298 g/mol. The third-order valence-electron chi connectivity index (χ3n) is 3.21. The van der Waals surface area contributed by atoms with Crippen molar-refractivity contribution in [3.05, 3.63) is 33.8 Å². The van der Waals surface area contributed by atoms with E-state index in [0.29, 0.717) is 16.1 Å². The summed E-state index contributed by atoms with van der Waals surface area (Å²) in [5.41, 5.74) is 1.35. The number of aromatic carboxylic acids is 1. The zero-order valence-electron chi connectivity index (χ0n) is 9.58. The number of rotatable bonds is 4. The Hall–Kier alpha value is -0.870. The first-order valence-corrected chi connectivity index (χ1v) is 6.71. The van der Waals surface area contributed by atoms with E-state index in [4.69, 9.17) is 5.11 Å². The van der Waals surface area contributed by atoms with Crippen LogP contribution in [0.1, 0.15) is 41.6 Å². The van der Waals surface area contributed by atoms with E-state index in [9.17, 15) is 4.79 Å². The summed E-state index contributed by atoms with van der Waals surface area (Å²) < 4.78 is 0.634. The summed E-state index contributed by atoms with van der Waals surface area (Å²) in [5.74, 6) is -0.889. The molecule has 0 atom stereocenters. The minimum absolute atomic E-state index is 0.329. The Morgan fingerprint density at radius 1 is 1.41 bits per heavy atom. The summed E-state index contributed by atoms with van der Waals surface area (Å²) in [7, 11) is 0. The Morgan fingerprint density at radius 3 is 2.76 bits per heavy atom. The Kier molecular flexibility index (Phi) is 4.18. The predicted octanol–water partition coefficient (Wildman–Crippen LogP) is 3.18. The number of halogens is 1. The smallest absolute Gasteiger partial charge is 0.336 e. The van der Waals surface area contributed by atoms with Crippen molar-refractivity contribution in [3.8, 4) is 0 Å². The Morgan fingerprint density at radius 2 is 2.12 bits per heavy atom. The summed E-state index contributed by atoms with van der Waals surface area (Å²) in [6.45, 7) is 0.748. The standard InChI is InChI=1S/C13H16BrNO2/c14-12-6-5-9(7-11(12)13(16)17)8-15-10-3-1-2-4-10/h5-7,10,15H,1-4,8H2,(H,16,17). The molecular weight excluding hydrogens is 282 g/mol. The van der Waals surface area contributed by atoms with Gasteiger partial charge in [0.05, 0.1) is 5.56 Å². The highest BCUT2D eigenvalue weighted by molar-refractivity contribution is 9.10. The van der Waals surface area contributed by atoms with Gasteiger partial charge in [-0.25, -0.2) is 4.79 Å². The van der Waals surface area contributed by atoms with Gasteiger partial charge >= 0.3 is 5.97 Å². The number of hydrogen-bond donors (Lipinski definition) is 2. The van der Waals surface area contributed by atoms with Gasteiger partial charge in [0.25, 0.3) is 0 Å². The molecule has 1 aliphatic carbocycles. The van der Waals surface area contributed by atoms with Gasteiger partial charge in [-0.05, 0) is 46.5 Å². The number of benzene rings is 1. The van der Waals surface area contributed by atoms with Crippen molar-refractivity contribution in [1.29, 1.82) is 0 Å². The third-order valence-corrected chi connectivity index (χ3v) is 3.90. The van der Waals surface area contributed by atoms with Crippen LogP contribution in [0, 0.1) is 0 Å². The van der Waals surface area contributed by atoms with Crippen LogP contribution in [0.25, 0.3) is 0 Å². The highest BCUT2D eigenvalue weighted by atomic mass is 79.9. The molecule has 0 unspecified atom stereocenters. The van der Waals surface area contributed by atoms with Crippen LogP contribution >= 0.6 is 15.9 Å². The van der Waals surface area contributed by atoms with Crippen molar-refractivity contribution in [2.45, 2.75) is 38.3 Å². The van der Waals surface area contributed by atoms with Crippen molar-refractivity contribution in [3.63, 3.8) is 0 Å². The Labute approximate surface area is 109 Å². The van der Waals surface area contributed by atoms with Gasteiger partial charge in [0.1, 0.15) is 0 Å². The van der Waals surface area contributed by atoms with E-state index in [1.54, 1.807) is 12.1 Å². The van der Waals surface area contributed by atoms with Crippen molar-refractivity contribution in [2.75, 3.05) is 0 Å². The third kappa shape index (κ3) is 3.30. The molecule has 1 aromatic carbocycles. The molecule has 1 fully saturated rings. The van der Waals surface area contributed by atoms with Crippen LogP contribution in [0.2, 0.25) is 0 Å². The van der Waals surface area contributed by atoms with Crippen LogP contribution in [-0.4, -0.2) is 17.1 Å². The van der Waals surface area contributed by atoms with Crippen LogP contribution in [0.4, 0.5) is 0 Å². The van der Waals surface area contributed by atoms with Crippen molar-refractivity contribution in [2.24, 2.45) is 0 Å². The van der Waals surface area contributed by atoms with E-state index in [2.05, 4.69) is 21.2 Å². The van der Waals surface area contributed by atoms with E-state index in [1.165, 1.54) is 25.7 Å². The molecule has 92 valence electrons. The molecule has 0 amide bonds. The van der Waals surface area contributed by atoms with E-state index in [1.807, 2.05) is 6.07 Å². The number of carboxylic acid groups (broad SMARTS) is 1. The monoisotopic (exact) mass is 297 g/mol. The molecule has 17 heavy (non-hydrogen) atoms. The average Bonchev–Trinajstić information content (AvgIpc) is 2.80. The van der Waals surface area contributed by atoms with Gasteiger partial charge in [0.15, 0.2) is 0 Å². The second kappa shape index (κ2) is 5.65. The fourth-order valence-corrected chi connectivity index (χ4v) is 2.65. The molecule has 0 aliphatic heterocycles. The molecule has 2 rings (SSSR count). The number of carboxylic acids is 1. The zero-order valence-corrected chi connectivity index (χ0v) is 11.2. The lowest BCUT2D eigenvalue weighted by atomic mass is 10.1. The lowest BCUT2D eigenvalue weighted by molar-refractivity contribution is 0.0696. The largest absolute Gasteiger partial charge is 0.478 e. The zero-order chi connectivity index (χ0) is 12.3. The fourth-order valence-electron chi connectivity index (χ4n) is 2.24. The van der Waals surface area contributed by atoms with E-state index < -0.39 is 5.97 Å². The molecule has 3 nitrogen and oxygen atoms in total. The molecule has 2 N–H and O–H groups in total. The molecule has 0 bridgehead atoms. The summed E-state index contributed by atoms with van der Waals surface area (Å²) in [4.78, 5) is 11.0. The first kappa shape index (κ1) is 12.6. The van der Waals surface area contributed by atoms with Crippen LogP contribution in [0.15, 0.2) is 22.7 Å². The van der Waals surface area contributed by atoms with E-state index in [0.717, 1.165) is 12.1 Å². The van der Waals surface area contributed by atoms with Crippen LogP contribution in [-0.2, 0) is 6.54 Å². The second-order valence-electron chi connectivity index (χ2n) is 4.48. The molecule has 1 aromatic rings. The number of hydrogen-bond acceptors (Lipinski definition) is 2. The summed E-state index contributed by atoms with van der Waals surface area (Å²) >= 11 is 3.25. The summed E-state index contributed by atoms with van der Waals surface area (Å²) in [6.07, 6.45) is 5.08. The molecule has 0 saturated heterocycles. The SMILES string of the molecule is O=C(O)c1cc(CNC2CCCC2)ccc1Br. The van der Waals surface area contributed by atoms with Gasteiger partial charge in [-0.1, -0.05) is 18.9 Å². The normalized spacial score (nSPS) is 16.3. The lowest BCUT2D eigenvalue weighted by Crippen LogP contribution is -2.25. The maximum Gasteiger partial charge on any atom is 0.336 e. The molecule has 0 radical (unpaired) electrons. The molecular formula is C13H16BrNO2. The van der Waals surface area contributed by atoms with Gasteiger partial charge in [0, 0.05) is 17.1 Å². The number of carbonyl (C=O) groups is 1. The van der Waals surface area contributed by atoms with Gasteiger partial charge in [-0.3, -0.25) is 0 Å². The van der Waals surface area contributed by atoms with Gasteiger partial charge in [-0.2, -0.15) is 0 Å². The Balaban J connectivity index is 2.00. The maximum absolute atomic E-state index is 11.0. The maximum atomic E-state index is 11.0. The molecule has 1 saturated carbocycles. The highest BCUT2D eigenvalue weighted by Crippen LogP contribution is 2.20. The second-order valence-corrected chi connectivity index (χ2v) is 5.34. The lowest BCUT2D eigenvalue weighted by Gasteiger charge is -2.12. The fraction of sp³-hybridized carbons (Fsp3) is 0.462. The first-order valence-electron chi connectivity index (χ1n) is 5.92. The summed E-state index contributed by atoms with van der Waals surface area (Å²) in [5, 5.41) is 12.5. The molecule has 0 spiro atoms. The van der Waals surface area contributed by atoms with E-state index in [-0.39, 0.29) is 0 Å². The van der Waals surface area contributed by atoms with Gasteiger partial charge in [0.2, 0.25) is 0 Å². The van der Waals surface area contributed by atoms with Gasteiger partial charge in [-0.15, -0.1) is 0 Å². The van der Waals surface area contributed by atoms with Crippen molar-refractivity contribution < 1.29 is 9.90 Å². The topological polar surface area (TPSA) is 49.3 Å². The van der Waals surface area contributed by atoms with Crippen molar-refractivity contribution >= 4 is 21.9 Å². The van der Waals surface area contributed by atoms with Gasteiger partial charge < -0.3 is 10.4 Å². The predicted molar refractivity (Wildman–Crippen MR) is 70.2 cm³/mol.